The fraction of sp³-hybridized carbons (Fsp3) is 0.176. The van der Waals surface area contributed by atoms with E-state index in [2.05, 4.69) is 5.16 Å². The molecule has 1 N–H and O–H groups in total. The standard InChI is InChI=1S/C17H13ClFNO4/c1-17(2,16(21)22)23-12-8-7-10-14(20-24-15(10)13(12)18)9-5-3-4-6-11(9)19/h3-8H,1-2H3,(H,21,22). The van der Waals surface area contributed by atoms with Gasteiger partial charge in [0.25, 0.3) is 0 Å². The molecule has 5 nitrogen and oxygen atoms in total. The summed E-state index contributed by atoms with van der Waals surface area (Å²) in [5.41, 5.74) is -0.666. The van der Waals surface area contributed by atoms with E-state index >= 15 is 0 Å². The van der Waals surface area contributed by atoms with Crippen LogP contribution in [0.15, 0.2) is 40.9 Å². The summed E-state index contributed by atoms with van der Waals surface area (Å²) in [5.74, 6) is -1.42. The second-order valence-electron chi connectivity index (χ2n) is 5.68. The highest BCUT2D eigenvalue weighted by Gasteiger charge is 2.31. The third-order valence-corrected chi connectivity index (χ3v) is 3.91. The lowest BCUT2D eigenvalue weighted by molar-refractivity contribution is -0.152. The SMILES string of the molecule is CC(C)(Oc1ccc2c(-c3ccccc3F)noc2c1Cl)C(=O)O. The molecule has 124 valence electrons. The lowest BCUT2D eigenvalue weighted by Gasteiger charge is -2.22. The summed E-state index contributed by atoms with van der Waals surface area (Å²) in [7, 11) is 0. The molecule has 0 aliphatic heterocycles. The maximum absolute atomic E-state index is 14.0. The molecule has 0 saturated carbocycles. The van der Waals surface area contributed by atoms with Crippen molar-refractivity contribution in [3.63, 3.8) is 0 Å². The van der Waals surface area contributed by atoms with Gasteiger partial charge in [-0.05, 0) is 38.1 Å². The van der Waals surface area contributed by atoms with E-state index in [9.17, 15) is 9.18 Å². The van der Waals surface area contributed by atoms with Crippen molar-refractivity contribution in [3.8, 4) is 17.0 Å². The molecular weight excluding hydrogens is 337 g/mol. The number of hydrogen-bond donors (Lipinski definition) is 1. The number of aliphatic carboxylic acids is 1. The molecule has 0 amide bonds. The molecule has 0 aliphatic carbocycles. The molecule has 0 atom stereocenters. The number of fused-ring (bicyclic) bond motifs is 1. The highest BCUT2D eigenvalue weighted by molar-refractivity contribution is 6.36. The van der Waals surface area contributed by atoms with E-state index < -0.39 is 17.4 Å². The zero-order chi connectivity index (χ0) is 17.5. The van der Waals surface area contributed by atoms with Gasteiger partial charge in [0.15, 0.2) is 11.2 Å². The van der Waals surface area contributed by atoms with Gasteiger partial charge in [-0.3, -0.25) is 0 Å². The van der Waals surface area contributed by atoms with Gasteiger partial charge in [-0.25, -0.2) is 9.18 Å². The third-order valence-electron chi connectivity index (χ3n) is 3.55. The highest BCUT2D eigenvalue weighted by atomic mass is 35.5. The van der Waals surface area contributed by atoms with Gasteiger partial charge in [0.05, 0.1) is 5.39 Å². The number of nitrogens with zero attached hydrogens (tertiary/aromatic N) is 1. The Kier molecular flexibility index (Phi) is 3.93. The van der Waals surface area contributed by atoms with Crippen molar-refractivity contribution < 1.29 is 23.6 Å². The average molecular weight is 350 g/mol. The van der Waals surface area contributed by atoms with Crippen LogP contribution in [0.3, 0.4) is 0 Å². The minimum Gasteiger partial charge on any atom is -0.478 e. The molecule has 0 bridgehead atoms. The molecular formula is C17H13ClFNO4. The molecule has 2 aromatic carbocycles. The van der Waals surface area contributed by atoms with E-state index in [0.717, 1.165) is 0 Å². The van der Waals surface area contributed by atoms with Crippen LogP contribution in [0.1, 0.15) is 13.8 Å². The maximum atomic E-state index is 14.0. The Bertz CT molecular complexity index is 935. The highest BCUT2D eigenvalue weighted by Crippen LogP contribution is 2.39. The fourth-order valence-electron chi connectivity index (χ4n) is 2.20. The normalized spacial score (nSPS) is 11.7. The number of carboxylic acid groups (broad SMARTS) is 1. The number of rotatable bonds is 4. The first-order valence-electron chi connectivity index (χ1n) is 7.06. The number of hydrogen-bond acceptors (Lipinski definition) is 4. The summed E-state index contributed by atoms with van der Waals surface area (Å²) in [6.07, 6.45) is 0. The van der Waals surface area contributed by atoms with Crippen molar-refractivity contribution in [3.05, 3.63) is 47.2 Å². The quantitative estimate of drug-likeness (QED) is 0.749. The van der Waals surface area contributed by atoms with E-state index in [1.54, 1.807) is 24.3 Å². The van der Waals surface area contributed by atoms with Crippen LogP contribution in [0.5, 0.6) is 5.75 Å². The van der Waals surface area contributed by atoms with Crippen LogP contribution in [0.25, 0.3) is 22.2 Å². The second-order valence-corrected chi connectivity index (χ2v) is 6.06. The maximum Gasteiger partial charge on any atom is 0.347 e. The van der Waals surface area contributed by atoms with Crippen molar-refractivity contribution in [2.75, 3.05) is 0 Å². The molecule has 0 saturated heterocycles. The number of halogens is 2. The summed E-state index contributed by atoms with van der Waals surface area (Å²) in [5, 5.41) is 13.6. The van der Waals surface area contributed by atoms with Crippen LogP contribution in [0.2, 0.25) is 5.02 Å². The van der Waals surface area contributed by atoms with E-state index in [0.29, 0.717) is 11.1 Å². The van der Waals surface area contributed by atoms with Gasteiger partial charge >= 0.3 is 5.97 Å². The van der Waals surface area contributed by atoms with Crippen LogP contribution in [-0.2, 0) is 4.79 Å². The Balaban J connectivity index is 2.10. The first-order valence-corrected chi connectivity index (χ1v) is 7.44. The van der Waals surface area contributed by atoms with Gasteiger partial charge in [-0.1, -0.05) is 28.9 Å². The summed E-state index contributed by atoms with van der Waals surface area (Å²) in [6, 6.07) is 9.29. The molecule has 7 heteroatoms. The number of ether oxygens (including phenoxy) is 1. The van der Waals surface area contributed by atoms with Gasteiger partial charge in [-0.2, -0.15) is 0 Å². The molecule has 0 radical (unpaired) electrons. The molecule has 0 aliphatic rings. The number of benzene rings is 2. The lowest BCUT2D eigenvalue weighted by Crippen LogP contribution is -2.37. The summed E-state index contributed by atoms with van der Waals surface area (Å²) in [4.78, 5) is 11.2. The predicted molar refractivity (Wildman–Crippen MR) is 86.8 cm³/mol. The Hall–Kier alpha value is -2.60. The predicted octanol–water partition coefficient (Wildman–Crippen LogP) is 4.53. The Morgan fingerprint density at radius 3 is 2.67 bits per heavy atom. The lowest BCUT2D eigenvalue weighted by atomic mass is 10.1. The van der Waals surface area contributed by atoms with E-state index in [4.69, 9.17) is 26.0 Å². The van der Waals surface area contributed by atoms with Gasteiger partial charge in [0.2, 0.25) is 0 Å². The summed E-state index contributed by atoms with van der Waals surface area (Å²) < 4.78 is 24.6. The molecule has 0 unspecified atom stereocenters. The summed E-state index contributed by atoms with van der Waals surface area (Å²) >= 11 is 6.25. The van der Waals surface area contributed by atoms with Gasteiger partial charge in [0, 0.05) is 5.56 Å². The van der Waals surface area contributed by atoms with Crippen LogP contribution in [-0.4, -0.2) is 21.8 Å². The third kappa shape index (κ3) is 2.69. The molecule has 3 rings (SSSR count). The molecule has 0 spiro atoms. The Labute approximate surface area is 141 Å². The fourth-order valence-corrected chi connectivity index (χ4v) is 2.44. The molecule has 1 aromatic heterocycles. The van der Waals surface area contributed by atoms with E-state index in [1.165, 1.54) is 26.0 Å². The van der Waals surface area contributed by atoms with E-state index in [-0.39, 0.29) is 21.9 Å². The van der Waals surface area contributed by atoms with Crippen LogP contribution < -0.4 is 4.74 Å². The van der Waals surface area contributed by atoms with Crippen molar-refractivity contribution in [1.29, 1.82) is 0 Å². The Morgan fingerprint density at radius 2 is 2.00 bits per heavy atom. The first kappa shape index (κ1) is 16.3. The van der Waals surface area contributed by atoms with Crippen LogP contribution in [0.4, 0.5) is 4.39 Å². The van der Waals surface area contributed by atoms with Crippen molar-refractivity contribution in [2.24, 2.45) is 0 Å². The zero-order valence-corrected chi connectivity index (χ0v) is 13.6. The van der Waals surface area contributed by atoms with Crippen LogP contribution in [0, 0.1) is 5.82 Å². The molecule has 3 aromatic rings. The van der Waals surface area contributed by atoms with Crippen molar-refractivity contribution in [1.82, 2.24) is 5.16 Å². The monoisotopic (exact) mass is 349 g/mol. The molecule has 24 heavy (non-hydrogen) atoms. The average Bonchev–Trinajstić information content (AvgIpc) is 2.95. The molecule has 1 heterocycles. The zero-order valence-electron chi connectivity index (χ0n) is 12.8. The van der Waals surface area contributed by atoms with Gasteiger partial charge < -0.3 is 14.4 Å². The number of aromatic nitrogens is 1. The smallest absolute Gasteiger partial charge is 0.347 e. The van der Waals surface area contributed by atoms with E-state index in [1.807, 2.05) is 0 Å². The number of carboxylic acids is 1. The van der Waals surface area contributed by atoms with Crippen molar-refractivity contribution in [2.45, 2.75) is 19.4 Å². The van der Waals surface area contributed by atoms with Gasteiger partial charge in [-0.15, -0.1) is 0 Å². The first-order chi connectivity index (χ1) is 11.3. The Morgan fingerprint density at radius 1 is 1.29 bits per heavy atom. The minimum atomic E-state index is -1.47. The van der Waals surface area contributed by atoms with Crippen molar-refractivity contribution >= 4 is 28.5 Å². The minimum absolute atomic E-state index is 0.0805. The summed E-state index contributed by atoms with van der Waals surface area (Å²) in [6.45, 7) is 2.81. The molecule has 0 fully saturated rings. The largest absolute Gasteiger partial charge is 0.478 e. The second kappa shape index (κ2) is 5.79. The van der Waals surface area contributed by atoms with Crippen LogP contribution >= 0.6 is 11.6 Å². The topological polar surface area (TPSA) is 72.6 Å². The number of carbonyl (C=O) groups is 1. The van der Waals surface area contributed by atoms with Gasteiger partial charge in [0.1, 0.15) is 22.3 Å².